The molecular formula is C20H24ClN3O2S. The van der Waals surface area contributed by atoms with Crippen LogP contribution in [0.15, 0.2) is 18.2 Å². The lowest BCUT2D eigenvalue weighted by atomic mass is 9.98. The summed E-state index contributed by atoms with van der Waals surface area (Å²) >= 11 is 7.50. The van der Waals surface area contributed by atoms with E-state index in [1.165, 1.54) is 11.3 Å². The Bertz CT molecular complexity index is 880. The second-order valence-electron chi connectivity index (χ2n) is 7.83. The van der Waals surface area contributed by atoms with Gasteiger partial charge in [0.1, 0.15) is 4.88 Å². The number of halogens is 1. The molecule has 1 aromatic heterocycles. The number of anilines is 1. The highest BCUT2D eigenvalue weighted by atomic mass is 35.5. The summed E-state index contributed by atoms with van der Waals surface area (Å²) in [5.41, 5.74) is 1.48. The molecule has 7 heteroatoms. The van der Waals surface area contributed by atoms with E-state index in [0.29, 0.717) is 26.8 Å². The normalized spacial score (nSPS) is 14.5. The SMILES string of the molecule is Cc1nc(C(C)(C)C)sc1C(=O)Nc1ccc(Cl)cc1C(=O)N1CCCC1. The molecule has 2 amide bonds. The lowest BCUT2D eigenvalue weighted by Crippen LogP contribution is -2.28. The van der Waals surface area contributed by atoms with Crippen LogP contribution in [0.5, 0.6) is 0 Å². The number of likely N-dealkylation sites (tertiary alicyclic amines) is 1. The van der Waals surface area contributed by atoms with Crippen molar-refractivity contribution in [2.45, 2.75) is 46.0 Å². The summed E-state index contributed by atoms with van der Waals surface area (Å²) in [7, 11) is 0. The van der Waals surface area contributed by atoms with Gasteiger partial charge in [0.2, 0.25) is 0 Å². The van der Waals surface area contributed by atoms with Crippen LogP contribution < -0.4 is 5.32 Å². The van der Waals surface area contributed by atoms with Gasteiger partial charge in [0.15, 0.2) is 0 Å². The van der Waals surface area contributed by atoms with Gasteiger partial charge < -0.3 is 10.2 Å². The first-order valence-corrected chi connectivity index (χ1v) is 10.2. The van der Waals surface area contributed by atoms with E-state index in [1.807, 2.05) is 6.92 Å². The van der Waals surface area contributed by atoms with E-state index in [0.717, 1.165) is 30.9 Å². The number of hydrogen-bond donors (Lipinski definition) is 1. The Labute approximate surface area is 168 Å². The predicted molar refractivity (Wildman–Crippen MR) is 110 cm³/mol. The number of nitrogens with one attached hydrogen (secondary N) is 1. The molecule has 1 aliphatic rings. The Hall–Kier alpha value is -1.92. The second-order valence-corrected chi connectivity index (χ2v) is 9.26. The van der Waals surface area contributed by atoms with Gasteiger partial charge in [-0.1, -0.05) is 32.4 Å². The third kappa shape index (κ3) is 4.33. The van der Waals surface area contributed by atoms with Crippen molar-refractivity contribution in [2.75, 3.05) is 18.4 Å². The second kappa shape index (κ2) is 7.60. The van der Waals surface area contributed by atoms with E-state index < -0.39 is 0 Å². The van der Waals surface area contributed by atoms with Crippen LogP contribution in [-0.2, 0) is 5.41 Å². The molecule has 0 saturated carbocycles. The highest BCUT2D eigenvalue weighted by Gasteiger charge is 2.26. The monoisotopic (exact) mass is 405 g/mol. The van der Waals surface area contributed by atoms with Gasteiger partial charge in [-0.05, 0) is 38.0 Å². The topological polar surface area (TPSA) is 62.3 Å². The average molecular weight is 406 g/mol. The molecule has 2 aromatic rings. The molecule has 1 saturated heterocycles. The molecule has 0 atom stereocenters. The zero-order valence-electron chi connectivity index (χ0n) is 16.1. The molecule has 0 unspecified atom stereocenters. The van der Waals surface area contributed by atoms with Crippen molar-refractivity contribution in [3.05, 3.63) is 44.4 Å². The Kier molecular flexibility index (Phi) is 5.58. The standard InChI is InChI=1S/C20H24ClN3O2S/c1-12-16(27-19(22-12)20(2,3)4)17(25)23-15-8-7-13(21)11-14(15)18(26)24-9-5-6-10-24/h7-8,11H,5-6,9-10H2,1-4H3,(H,23,25). The maximum atomic E-state index is 12.9. The summed E-state index contributed by atoms with van der Waals surface area (Å²) in [6, 6.07) is 4.99. The first-order valence-electron chi connectivity index (χ1n) is 9.05. The molecule has 2 heterocycles. The summed E-state index contributed by atoms with van der Waals surface area (Å²) < 4.78 is 0. The van der Waals surface area contributed by atoms with E-state index in [4.69, 9.17) is 11.6 Å². The fourth-order valence-corrected chi connectivity index (χ4v) is 4.19. The molecule has 0 bridgehead atoms. The van der Waals surface area contributed by atoms with Gasteiger partial charge in [0.25, 0.3) is 11.8 Å². The van der Waals surface area contributed by atoms with Crippen molar-refractivity contribution in [3.8, 4) is 0 Å². The van der Waals surface area contributed by atoms with Crippen LogP contribution in [-0.4, -0.2) is 34.8 Å². The van der Waals surface area contributed by atoms with E-state index in [2.05, 4.69) is 31.1 Å². The van der Waals surface area contributed by atoms with Crippen LogP contribution in [0.1, 0.15) is 64.3 Å². The van der Waals surface area contributed by atoms with Gasteiger partial charge >= 0.3 is 0 Å². The molecular weight excluding hydrogens is 382 g/mol. The van der Waals surface area contributed by atoms with Crippen LogP contribution in [0.4, 0.5) is 5.69 Å². The van der Waals surface area contributed by atoms with Gasteiger partial charge in [-0.25, -0.2) is 4.98 Å². The number of thiazole rings is 1. The fourth-order valence-electron chi connectivity index (χ4n) is 3.00. The molecule has 5 nitrogen and oxygen atoms in total. The van der Waals surface area contributed by atoms with Crippen molar-refractivity contribution in [1.82, 2.24) is 9.88 Å². The molecule has 3 rings (SSSR count). The number of carbonyl (C=O) groups excluding carboxylic acids is 2. The zero-order chi connectivity index (χ0) is 19.8. The summed E-state index contributed by atoms with van der Waals surface area (Å²) in [6.45, 7) is 9.51. The smallest absolute Gasteiger partial charge is 0.267 e. The first kappa shape index (κ1) is 19.8. The Morgan fingerprint density at radius 3 is 2.48 bits per heavy atom. The van der Waals surface area contributed by atoms with Crippen LogP contribution in [0.2, 0.25) is 5.02 Å². The van der Waals surface area contributed by atoms with Gasteiger partial charge in [0, 0.05) is 23.5 Å². The van der Waals surface area contributed by atoms with Gasteiger partial charge in [-0.3, -0.25) is 9.59 Å². The number of nitrogens with zero attached hydrogens (tertiary/aromatic N) is 2. The summed E-state index contributed by atoms with van der Waals surface area (Å²) in [4.78, 5) is 32.6. The summed E-state index contributed by atoms with van der Waals surface area (Å²) in [5.74, 6) is -0.347. The van der Waals surface area contributed by atoms with Crippen LogP contribution in [0, 0.1) is 6.92 Å². The number of amides is 2. The first-order chi connectivity index (χ1) is 12.7. The van der Waals surface area contributed by atoms with Crippen molar-refractivity contribution in [3.63, 3.8) is 0 Å². The minimum atomic E-state index is -0.252. The molecule has 0 aliphatic carbocycles. The number of aryl methyl sites for hydroxylation is 1. The third-order valence-corrected chi connectivity index (χ3v) is 6.31. The van der Waals surface area contributed by atoms with E-state index in [1.54, 1.807) is 23.1 Å². The minimum absolute atomic E-state index is 0.0956. The predicted octanol–water partition coefficient (Wildman–Crippen LogP) is 4.89. The number of hydrogen-bond acceptors (Lipinski definition) is 4. The van der Waals surface area contributed by atoms with Crippen LogP contribution >= 0.6 is 22.9 Å². The number of benzene rings is 1. The largest absolute Gasteiger partial charge is 0.339 e. The third-order valence-electron chi connectivity index (χ3n) is 4.50. The number of rotatable bonds is 3. The average Bonchev–Trinajstić information content (AvgIpc) is 3.25. The van der Waals surface area contributed by atoms with Crippen molar-refractivity contribution in [1.29, 1.82) is 0 Å². The number of carbonyl (C=O) groups is 2. The molecule has 144 valence electrons. The lowest BCUT2D eigenvalue weighted by Gasteiger charge is -2.18. The molecule has 1 aliphatic heterocycles. The van der Waals surface area contributed by atoms with Crippen LogP contribution in [0.3, 0.4) is 0 Å². The van der Waals surface area contributed by atoms with Crippen molar-refractivity contribution in [2.24, 2.45) is 0 Å². The van der Waals surface area contributed by atoms with Crippen molar-refractivity contribution >= 4 is 40.4 Å². The highest BCUT2D eigenvalue weighted by molar-refractivity contribution is 7.14. The Morgan fingerprint density at radius 2 is 1.89 bits per heavy atom. The molecule has 0 radical (unpaired) electrons. The Balaban J connectivity index is 1.88. The van der Waals surface area contributed by atoms with E-state index >= 15 is 0 Å². The van der Waals surface area contributed by atoms with Gasteiger partial charge in [0.05, 0.1) is 22.0 Å². The zero-order valence-corrected chi connectivity index (χ0v) is 17.6. The molecule has 1 aromatic carbocycles. The maximum absolute atomic E-state index is 12.9. The minimum Gasteiger partial charge on any atom is -0.339 e. The highest BCUT2D eigenvalue weighted by Crippen LogP contribution is 2.30. The molecule has 1 fully saturated rings. The van der Waals surface area contributed by atoms with E-state index in [9.17, 15) is 9.59 Å². The molecule has 27 heavy (non-hydrogen) atoms. The number of aromatic nitrogens is 1. The van der Waals surface area contributed by atoms with E-state index in [-0.39, 0.29) is 17.2 Å². The molecule has 1 N–H and O–H groups in total. The quantitative estimate of drug-likeness (QED) is 0.790. The fraction of sp³-hybridized carbons (Fsp3) is 0.450. The van der Waals surface area contributed by atoms with Gasteiger partial charge in [-0.2, -0.15) is 0 Å². The van der Waals surface area contributed by atoms with Crippen molar-refractivity contribution < 1.29 is 9.59 Å². The summed E-state index contributed by atoms with van der Waals surface area (Å²) in [5, 5.41) is 4.27. The maximum Gasteiger partial charge on any atom is 0.267 e. The van der Waals surface area contributed by atoms with Crippen LogP contribution in [0.25, 0.3) is 0 Å². The Morgan fingerprint density at radius 1 is 1.22 bits per heavy atom. The molecule has 0 spiro atoms. The van der Waals surface area contributed by atoms with Gasteiger partial charge in [-0.15, -0.1) is 11.3 Å². The summed E-state index contributed by atoms with van der Waals surface area (Å²) in [6.07, 6.45) is 2.01. The lowest BCUT2D eigenvalue weighted by molar-refractivity contribution is 0.0794.